The molecule has 134 valence electrons. The van der Waals surface area contributed by atoms with Gasteiger partial charge in [0.25, 0.3) is 0 Å². The minimum absolute atomic E-state index is 0.339. The number of ether oxygens (including phenoxy) is 2. The molecule has 0 aromatic rings. The zero-order valence-corrected chi connectivity index (χ0v) is 15.7. The highest BCUT2D eigenvalue weighted by Gasteiger charge is 2.59. The molecule has 0 radical (unpaired) electrons. The van der Waals surface area contributed by atoms with Crippen molar-refractivity contribution in [2.75, 3.05) is 6.79 Å². The van der Waals surface area contributed by atoms with Crippen LogP contribution in [-0.4, -0.2) is 19.0 Å². The monoisotopic (exact) mass is 330 g/mol. The first-order valence-corrected chi connectivity index (χ1v) is 10.5. The molecule has 3 unspecified atom stereocenters. The molecule has 1 saturated heterocycles. The molecule has 4 aliphatic carbocycles. The second kappa shape index (κ2) is 5.33. The molecule has 1 aliphatic heterocycles. The van der Waals surface area contributed by atoms with Crippen LogP contribution in [0.25, 0.3) is 0 Å². The van der Waals surface area contributed by atoms with Crippen molar-refractivity contribution in [1.29, 1.82) is 0 Å². The van der Waals surface area contributed by atoms with Gasteiger partial charge >= 0.3 is 0 Å². The summed E-state index contributed by atoms with van der Waals surface area (Å²) in [7, 11) is 0. The van der Waals surface area contributed by atoms with Crippen molar-refractivity contribution < 1.29 is 9.47 Å². The third-order valence-corrected chi connectivity index (χ3v) is 9.34. The SMILES string of the molecule is CC[C@H]1CCC2C3CC=C4C[C@@H]5OCO[C@@H]5C[C@]4(C)C3CC[C@@]21C. The Morgan fingerprint density at radius 3 is 2.75 bits per heavy atom. The van der Waals surface area contributed by atoms with E-state index in [0.29, 0.717) is 29.8 Å². The molecular formula is C22H34O2. The van der Waals surface area contributed by atoms with E-state index in [-0.39, 0.29) is 0 Å². The molecule has 3 saturated carbocycles. The van der Waals surface area contributed by atoms with Gasteiger partial charge in [-0.25, -0.2) is 0 Å². The van der Waals surface area contributed by atoms with Gasteiger partial charge < -0.3 is 9.47 Å². The van der Waals surface area contributed by atoms with E-state index in [1.165, 1.54) is 44.9 Å². The molecule has 0 aromatic heterocycles. The summed E-state index contributed by atoms with van der Waals surface area (Å²) in [5, 5.41) is 0. The van der Waals surface area contributed by atoms with Gasteiger partial charge in [0, 0.05) is 0 Å². The van der Waals surface area contributed by atoms with Crippen molar-refractivity contribution in [1.82, 2.24) is 0 Å². The zero-order valence-electron chi connectivity index (χ0n) is 15.7. The Bertz CT molecular complexity index is 554. The van der Waals surface area contributed by atoms with Crippen molar-refractivity contribution in [3.05, 3.63) is 11.6 Å². The van der Waals surface area contributed by atoms with E-state index in [4.69, 9.17) is 9.47 Å². The van der Waals surface area contributed by atoms with Crippen LogP contribution in [0.4, 0.5) is 0 Å². The highest BCUT2D eigenvalue weighted by molar-refractivity contribution is 5.27. The van der Waals surface area contributed by atoms with E-state index in [9.17, 15) is 0 Å². The van der Waals surface area contributed by atoms with Crippen molar-refractivity contribution >= 4 is 0 Å². The highest BCUT2D eigenvalue weighted by atomic mass is 16.7. The maximum Gasteiger partial charge on any atom is 0.147 e. The summed E-state index contributed by atoms with van der Waals surface area (Å²) < 4.78 is 11.8. The molecule has 0 spiro atoms. The standard InChI is InChI=1S/C22H34O2/c1-4-14-6-8-17-16-7-5-15-11-19-20(24-13-23-19)12-22(15,3)18(16)9-10-21(14,17)2/h5,14,16-20H,4,6-13H2,1-3H3/t14-,16?,17?,18?,19-,20+,21+,22-/m0/s1. The fourth-order valence-corrected chi connectivity index (χ4v) is 7.98. The quantitative estimate of drug-likeness (QED) is 0.605. The number of hydrogen-bond acceptors (Lipinski definition) is 2. The van der Waals surface area contributed by atoms with Crippen molar-refractivity contribution in [3.63, 3.8) is 0 Å². The molecule has 4 fully saturated rings. The smallest absolute Gasteiger partial charge is 0.147 e. The molecular weight excluding hydrogens is 296 g/mol. The molecule has 2 heteroatoms. The number of allylic oxidation sites excluding steroid dienone is 1. The lowest BCUT2D eigenvalue weighted by Crippen LogP contribution is -2.52. The summed E-state index contributed by atoms with van der Waals surface area (Å²) in [6.07, 6.45) is 14.3. The van der Waals surface area contributed by atoms with Gasteiger partial charge in [-0.2, -0.15) is 0 Å². The number of rotatable bonds is 1. The van der Waals surface area contributed by atoms with E-state index in [1.807, 2.05) is 0 Å². The zero-order chi connectivity index (χ0) is 16.5. The summed E-state index contributed by atoms with van der Waals surface area (Å²) in [6.45, 7) is 8.15. The van der Waals surface area contributed by atoms with Crippen LogP contribution in [-0.2, 0) is 9.47 Å². The van der Waals surface area contributed by atoms with E-state index in [1.54, 1.807) is 5.57 Å². The fraction of sp³-hybridized carbons (Fsp3) is 0.909. The predicted octanol–water partition coefficient (Wildman–Crippen LogP) is 5.33. The minimum Gasteiger partial charge on any atom is -0.349 e. The van der Waals surface area contributed by atoms with Gasteiger partial charge in [0.15, 0.2) is 0 Å². The number of hydrogen-bond donors (Lipinski definition) is 0. The molecule has 5 rings (SSSR count). The van der Waals surface area contributed by atoms with Crippen LogP contribution in [0.1, 0.15) is 72.1 Å². The molecule has 24 heavy (non-hydrogen) atoms. The molecule has 5 aliphatic rings. The van der Waals surface area contributed by atoms with Crippen molar-refractivity contribution in [2.24, 2.45) is 34.5 Å². The van der Waals surface area contributed by atoms with Crippen LogP contribution >= 0.6 is 0 Å². The number of fused-ring (bicyclic) bond motifs is 6. The third kappa shape index (κ3) is 1.96. The van der Waals surface area contributed by atoms with Crippen LogP contribution in [0, 0.1) is 34.5 Å². The summed E-state index contributed by atoms with van der Waals surface area (Å²) in [5.74, 6) is 3.75. The lowest BCUT2D eigenvalue weighted by molar-refractivity contribution is -0.0612. The fourth-order valence-electron chi connectivity index (χ4n) is 7.98. The molecule has 0 amide bonds. The van der Waals surface area contributed by atoms with Gasteiger partial charge in [0.2, 0.25) is 0 Å². The van der Waals surface area contributed by atoms with Crippen LogP contribution in [0.2, 0.25) is 0 Å². The van der Waals surface area contributed by atoms with E-state index in [0.717, 1.165) is 30.1 Å². The van der Waals surface area contributed by atoms with Gasteiger partial charge in [0.1, 0.15) is 6.79 Å². The predicted molar refractivity (Wildman–Crippen MR) is 95.5 cm³/mol. The lowest BCUT2D eigenvalue weighted by atomic mass is 9.47. The Morgan fingerprint density at radius 1 is 1.08 bits per heavy atom. The average molecular weight is 331 g/mol. The summed E-state index contributed by atoms with van der Waals surface area (Å²) >= 11 is 0. The first-order chi connectivity index (χ1) is 11.6. The Hall–Kier alpha value is -0.340. The lowest BCUT2D eigenvalue weighted by Gasteiger charge is -2.58. The normalized spacial score (nSPS) is 56.0. The summed E-state index contributed by atoms with van der Waals surface area (Å²) in [6, 6.07) is 0. The summed E-state index contributed by atoms with van der Waals surface area (Å²) in [5.41, 5.74) is 2.72. The Kier molecular flexibility index (Phi) is 3.53. The van der Waals surface area contributed by atoms with Crippen LogP contribution in [0.15, 0.2) is 11.6 Å². The Balaban J connectivity index is 1.47. The average Bonchev–Trinajstić information content (AvgIpc) is 3.14. The second-order valence-corrected chi connectivity index (χ2v) is 9.92. The van der Waals surface area contributed by atoms with Gasteiger partial charge in [-0.1, -0.05) is 38.8 Å². The first kappa shape index (κ1) is 15.9. The molecule has 1 heterocycles. The maximum atomic E-state index is 5.94. The molecule has 0 aromatic carbocycles. The van der Waals surface area contributed by atoms with E-state index >= 15 is 0 Å². The highest BCUT2D eigenvalue weighted by Crippen LogP contribution is 2.66. The first-order valence-electron chi connectivity index (χ1n) is 10.5. The Morgan fingerprint density at radius 2 is 1.92 bits per heavy atom. The maximum absolute atomic E-state index is 5.94. The molecule has 2 nitrogen and oxygen atoms in total. The van der Waals surface area contributed by atoms with Crippen LogP contribution in [0.3, 0.4) is 0 Å². The van der Waals surface area contributed by atoms with Gasteiger partial charge in [-0.3, -0.25) is 0 Å². The van der Waals surface area contributed by atoms with Crippen LogP contribution in [0.5, 0.6) is 0 Å². The van der Waals surface area contributed by atoms with Crippen molar-refractivity contribution in [2.45, 2.75) is 84.3 Å². The third-order valence-electron chi connectivity index (χ3n) is 9.34. The molecule has 8 atom stereocenters. The molecule has 0 N–H and O–H groups in total. The minimum atomic E-state index is 0.339. The largest absolute Gasteiger partial charge is 0.349 e. The Labute approximate surface area is 147 Å². The second-order valence-electron chi connectivity index (χ2n) is 9.92. The molecule has 0 bridgehead atoms. The van der Waals surface area contributed by atoms with Gasteiger partial charge in [-0.05, 0) is 79.4 Å². The van der Waals surface area contributed by atoms with E-state index < -0.39 is 0 Å². The van der Waals surface area contributed by atoms with Gasteiger partial charge in [0.05, 0.1) is 12.2 Å². The van der Waals surface area contributed by atoms with E-state index in [2.05, 4.69) is 26.8 Å². The van der Waals surface area contributed by atoms with Gasteiger partial charge in [-0.15, -0.1) is 0 Å². The van der Waals surface area contributed by atoms with Crippen molar-refractivity contribution in [3.8, 4) is 0 Å². The summed E-state index contributed by atoms with van der Waals surface area (Å²) in [4.78, 5) is 0. The topological polar surface area (TPSA) is 18.5 Å². The van der Waals surface area contributed by atoms with Crippen LogP contribution < -0.4 is 0 Å².